The molecule has 1 atom stereocenters. The molecule has 1 aliphatic carbocycles. The van der Waals surface area contributed by atoms with Crippen molar-refractivity contribution in [2.45, 2.75) is 42.9 Å². The molecule has 0 saturated heterocycles. The highest BCUT2D eigenvalue weighted by Crippen LogP contribution is 2.25. The van der Waals surface area contributed by atoms with E-state index in [4.69, 9.17) is 0 Å². The van der Waals surface area contributed by atoms with E-state index in [1.165, 1.54) is 12.8 Å². The third kappa shape index (κ3) is 3.26. The molecule has 0 spiro atoms. The minimum absolute atomic E-state index is 0.388. The summed E-state index contributed by atoms with van der Waals surface area (Å²) in [6, 6.07) is 2.94. The average Bonchev–Trinajstić information content (AvgIpc) is 2.92. The number of H-pyrrole nitrogens is 1. The van der Waals surface area contributed by atoms with Gasteiger partial charge in [0.05, 0.1) is 6.07 Å². The number of imidazole rings is 1. The predicted octanol–water partition coefficient (Wildman–Crippen LogP) is 1.93. The number of hydrogen-bond acceptors (Lipinski definition) is 4. The number of hydrogen-bond donors (Lipinski definition) is 2. The number of nitrogens with zero attached hydrogens (tertiary/aromatic N) is 2. The fourth-order valence-electron chi connectivity index (χ4n) is 1.52. The summed E-state index contributed by atoms with van der Waals surface area (Å²) in [6.45, 7) is 1.98. The van der Waals surface area contributed by atoms with Gasteiger partial charge in [0.1, 0.15) is 5.54 Å². The van der Waals surface area contributed by atoms with Crippen LogP contribution in [0.1, 0.15) is 26.2 Å². The number of nitriles is 1. The zero-order chi connectivity index (χ0) is 11.4. The standard InChI is InChI=1S/C11H16N4S/c1-11(8-12,15-9-2-3-9)4-7-16-10-13-5-6-14-10/h5-6,9,15H,2-4,7H2,1H3,(H,13,14). The Morgan fingerprint density at radius 3 is 3.12 bits per heavy atom. The third-order valence-corrected chi connectivity index (χ3v) is 3.57. The van der Waals surface area contributed by atoms with Gasteiger partial charge in [0.25, 0.3) is 0 Å². The fraction of sp³-hybridized carbons (Fsp3) is 0.636. The smallest absolute Gasteiger partial charge is 0.165 e. The van der Waals surface area contributed by atoms with Crippen LogP contribution in [0.3, 0.4) is 0 Å². The van der Waals surface area contributed by atoms with E-state index < -0.39 is 0 Å². The van der Waals surface area contributed by atoms with Crippen LogP contribution in [0, 0.1) is 11.3 Å². The summed E-state index contributed by atoms with van der Waals surface area (Å²) in [5.41, 5.74) is -0.388. The van der Waals surface area contributed by atoms with Crippen LogP contribution in [0.15, 0.2) is 17.6 Å². The van der Waals surface area contributed by atoms with Crippen LogP contribution in [0.2, 0.25) is 0 Å². The summed E-state index contributed by atoms with van der Waals surface area (Å²) in [7, 11) is 0. The van der Waals surface area contributed by atoms with Crippen LogP contribution in [0.4, 0.5) is 0 Å². The lowest BCUT2D eigenvalue weighted by molar-refractivity contribution is 0.433. The Balaban J connectivity index is 1.76. The van der Waals surface area contributed by atoms with Crippen LogP contribution in [-0.4, -0.2) is 27.3 Å². The zero-order valence-corrected chi connectivity index (χ0v) is 10.2. The number of aromatic amines is 1. The van der Waals surface area contributed by atoms with Gasteiger partial charge in [-0.05, 0) is 26.2 Å². The van der Waals surface area contributed by atoms with Gasteiger partial charge < -0.3 is 4.98 Å². The molecule has 1 heterocycles. The minimum atomic E-state index is -0.388. The summed E-state index contributed by atoms with van der Waals surface area (Å²) >= 11 is 1.66. The SMILES string of the molecule is CC(C#N)(CCSc1ncc[nH]1)NC1CC1. The third-order valence-electron chi connectivity index (χ3n) is 2.66. The van der Waals surface area contributed by atoms with Gasteiger partial charge in [-0.25, -0.2) is 4.98 Å². The molecule has 0 amide bonds. The summed E-state index contributed by atoms with van der Waals surface area (Å²) in [5, 5.41) is 13.5. The maximum absolute atomic E-state index is 9.17. The number of nitrogens with one attached hydrogen (secondary N) is 2. The van der Waals surface area contributed by atoms with Gasteiger partial charge in [-0.1, -0.05) is 11.8 Å². The highest BCUT2D eigenvalue weighted by atomic mass is 32.2. The molecule has 1 unspecified atom stereocenters. The van der Waals surface area contributed by atoms with Crippen molar-refractivity contribution in [3.8, 4) is 6.07 Å². The van der Waals surface area contributed by atoms with Gasteiger partial charge in [-0.15, -0.1) is 0 Å². The molecular formula is C11H16N4S. The molecule has 1 aromatic heterocycles. The van der Waals surface area contributed by atoms with Gasteiger partial charge in [0, 0.05) is 24.2 Å². The summed E-state index contributed by atoms with van der Waals surface area (Å²) in [6.07, 6.45) is 6.82. The zero-order valence-electron chi connectivity index (χ0n) is 9.36. The maximum atomic E-state index is 9.17. The normalized spacial score (nSPS) is 19.0. The molecule has 1 aliphatic rings. The molecule has 1 saturated carbocycles. The molecule has 0 aliphatic heterocycles. The molecular weight excluding hydrogens is 220 g/mol. The second-order valence-electron chi connectivity index (χ2n) is 4.36. The lowest BCUT2D eigenvalue weighted by Crippen LogP contribution is -2.42. The van der Waals surface area contributed by atoms with Crippen LogP contribution in [-0.2, 0) is 0 Å². The first-order chi connectivity index (χ1) is 7.72. The summed E-state index contributed by atoms with van der Waals surface area (Å²) in [4.78, 5) is 7.18. The minimum Gasteiger partial charge on any atom is -0.340 e. The van der Waals surface area contributed by atoms with Gasteiger partial charge >= 0.3 is 0 Å². The second-order valence-corrected chi connectivity index (χ2v) is 5.44. The second kappa shape index (κ2) is 4.89. The van der Waals surface area contributed by atoms with E-state index >= 15 is 0 Å². The van der Waals surface area contributed by atoms with E-state index in [0.29, 0.717) is 6.04 Å². The first-order valence-electron chi connectivity index (χ1n) is 5.53. The largest absolute Gasteiger partial charge is 0.340 e. The Kier molecular flexibility index (Phi) is 3.52. The Hall–Kier alpha value is -0.990. The van der Waals surface area contributed by atoms with Crippen LogP contribution < -0.4 is 5.32 Å². The van der Waals surface area contributed by atoms with E-state index in [1.807, 2.05) is 13.1 Å². The average molecular weight is 236 g/mol. The van der Waals surface area contributed by atoms with Crippen molar-refractivity contribution >= 4 is 11.8 Å². The van der Waals surface area contributed by atoms with Gasteiger partial charge in [0.15, 0.2) is 5.16 Å². The van der Waals surface area contributed by atoms with Crippen LogP contribution in [0.5, 0.6) is 0 Å². The van der Waals surface area contributed by atoms with E-state index in [2.05, 4.69) is 21.4 Å². The predicted molar refractivity (Wildman–Crippen MR) is 64.1 cm³/mol. The summed E-state index contributed by atoms with van der Waals surface area (Å²) < 4.78 is 0. The van der Waals surface area contributed by atoms with E-state index in [1.54, 1.807) is 18.0 Å². The number of aromatic nitrogens is 2. The fourth-order valence-corrected chi connectivity index (χ4v) is 2.51. The highest BCUT2D eigenvalue weighted by molar-refractivity contribution is 7.99. The van der Waals surface area contributed by atoms with Crippen molar-refractivity contribution in [2.24, 2.45) is 0 Å². The van der Waals surface area contributed by atoms with E-state index in [0.717, 1.165) is 17.3 Å². The van der Waals surface area contributed by atoms with Crippen molar-refractivity contribution in [3.05, 3.63) is 12.4 Å². The molecule has 1 aromatic rings. The number of thioether (sulfide) groups is 1. The summed E-state index contributed by atoms with van der Waals surface area (Å²) in [5.74, 6) is 0.900. The van der Waals surface area contributed by atoms with Crippen LogP contribution in [0.25, 0.3) is 0 Å². The molecule has 16 heavy (non-hydrogen) atoms. The Bertz CT molecular complexity index is 366. The molecule has 86 valence electrons. The molecule has 2 N–H and O–H groups in total. The molecule has 4 nitrogen and oxygen atoms in total. The van der Waals surface area contributed by atoms with Crippen molar-refractivity contribution in [1.29, 1.82) is 5.26 Å². The van der Waals surface area contributed by atoms with Gasteiger partial charge in [0.2, 0.25) is 0 Å². The quantitative estimate of drug-likeness (QED) is 0.741. The van der Waals surface area contributed by atoms with Crippen molar-refractivity contribution < 1.29 is 0 Å². The first kappa shape index (κ1) is 11.5. The lowest BCUT2D eigenvalue weighted by atomic mass is 10.0. The molecule has 1 fully saturated rings. The lowest BCUT2D eigenvalue weighted by Gasteiger charge is -2.22. The highest BCUT2D eigenvalue weighted by Gasteiger charge is 2.32. The van der Waals surface area contributed by atoms with Crippen LogP contribution >= 0.6 is 11.8 Å². The molecule has 0 aromatic carbocycles. The van der Waals surface area contributed by atoms with Crippen molar-refractivity contribution in [1.82, 2.24) is 15.3 Å². The van der Waals surface area contributed by atoms with Gasteiger partial charge in [-0.3, -0.25) is 5.32 Å². The van der Waals surface area contributed by atoms with Crippen molar-refractivity contribution in [2.75, 3.05) is 5.75 Å². The molecule has 0 bridgehead atoms. The Morgan fingerprint density at radius 2 is 2.56 bits per heavy atom. The van der Waals surface area contributed by atoms with Crippen molar-refractivity contribution in [3.63, 3.8) is 0 Å². The molecule has 0 radical (unpaired) electrons. The molecule has 2 rings (SSSR count). The number of rotatable bonds is 6. The monoisotopic (exact) mass is 236 g/mol. The van der Waals surface area contributed by atoms with E-state index in [-0.39, 0.29) is 5.54 Å². The Morgan fingerprint density at radius 1 is 1.75 bits per heavy atom. The van der Waals surface area contributed by atoms with E-state index in [9.17, 15) is 5.26 Å². The van der Waals surface area contributed by atoms with Gasteiger partial charge in [-0.2, -0.15) is 5.26 Å². The maximum Gasteiger partial charge on any atom is 0.165 e. The molecule has 5 heteroatoms. The topological polar surface area (TPSA) is 64.5 Å². The first-order valence-corrected chi connectivity index (χ1v) is 6.51. The Labute approximate surface area is 99.8 Å².